The molecule has 5 nitrogen and oxygen atoms in total. The summed E-state index contributed by atoms with van der Waals surface area (Å²) in [6.07, 6.45) is 0.352. The van der Waals surface area contributed by atoms with Gasteiger partial charge in [-0.05, 0) is 20.8 Å². The largest absolute Gasteiger partial charge is 0.374 e. The van der Waals surface area contributed by atoms with Crippen molar-refractivity contribution in [3.05, 3.63) is 0 Å². The molecule has 0 saturated heterocycles. The molecule has 0 radical (unpaired) electrons. The third-order valence-corrected chi connectivity index (χ3v) is 2.87. The summed E-state index contributed by atoms with van der Waals surface area (Å²) in [5.41, 5.74) is 4.79. The average Bonchev–Trinajstić information content (AvgIpc) is 2.29. The number of amides is 1. The molecule has 1 amide bonds. The lowest BCUT2D eigenvalue weighted by atomic mass is 9.89. The van der Waals surface area contributed by atoms with Crippen LogP contribution in [0.4, 0.5) is 0 Å². The fraction of sp³-hybridized carbons (Fsp3) is 0.867. The molecule has 118 valence electrons. The Balaban J connectivity index is 4.37. The lowest BCUT2D eigenvalue weighted by Crippen LogP contribution is -2.41. The van der Waals surface area contributed by atoms with E-state index in [0.29, 0.717) is 26.1 Å². The highest BCUT2D eigenvalue weighted by atomic mass is 16.5. The molecule has 0 heterocycles. The number of ketones is 1. The van der Waals surface area contributed by atoms with E-state index in [0.717, 1.165) is 0 Å². The Labute approximate surface area is 122 Å². The minimum absolute atomic E-state index is 0.0424. The highest BCUT2D eigenvalue weighted by molar-refractivity contribution is 5.84. The molecule has 0 atom stereocenters. The highest BCUT2D eigenvalue weighted by Crippen LogP contribution is 2.17. The van der Waals surface area contributed by atoms with E-state index in [2.05, 4.69) is 0 Å². The Bertz CT molecular complexity index is 327. The van der Waals surface area contributed by atoms with Gasteiger partial charge in [0.05, 0.1) is 18.8 Å². The zero-order valence-corrected chi connectivity index (χ0v) is 13.8. The Morgan fingerprint density at radius 3 is 2.00 bits per heavy atom. The normalized spacial score (nSPS) is 12.3. The molecule has 0 aliphatic carbocycles. The molecule has 0 aliphatic heterocycles. The molecule has 2 N–H and O–H groups in total. The van der Waals surface area contributed by atoms with Gasteiger partial charge in [0, 0.05) is 24.9 Å². The molecule has 0 fully saturated rings. The molecule has 0 bridgehead atoms. The quantitative estimate of drug-likeness (QED) is 0.771. The number of nitrogens with zero attached hydrogens (tertiary/aromatic N) is 1. The number of rotatable bonds is 7. The summed E-state index contributed by atoms with van der Waals surface area (Å²) >= 11 is 0. The summed E-state index contributed by atoms with van der Waals surface area (Å²) in [6.45, 7) is 12.8. The predicted octanol–water partition coefficient (Wildman–Crippen LogP) is 1.59. The van der Waals surface area contributed by atoms with Crippen molar-refractivity contribution in [3.63, 3.8) is 0 Å². The highest BCUT2D eigenvalue weighted by Gasteiger charge is 2.22. The maximum atomic E-state index is 11.9. The second-order valence-corrected chi connectivity index (χ2v) is 6.97. The first-order valence-corrected chi connectivity index (χ1v) is 7.12. The van der Waals surface area contributed by atoms with Crippen molar-refractivity contribution in [2.75, 3.05) is 26.2 Å². The van der Waals surface area contributed by atoms with Gasteiger partial charge in [-0.25, -0.2) is 0 Å². The van der Waals surface area contributed by atoms with E-state index in [-0.39, 0.29) is 29.3 Å². The van der Waals surface area contributed by atoms with E-state index in [1.165, 1.54) is 0 Å². The van der Waals surface area contributed by atoms with Crippen LogP contribution in [0, 0.1) is 5.41 Å². The maximum absolute atomic E-state index is 11.9. The van der Waals surface area contributed by atoms with Gasteiger partial charge in [-0.3, -0.25) is 9.59 Å². The molecule has 5 heteroatoms. The Hall–Kier alpha value is -0.940. The fourth-order valence-corrected chi connectivity index (χ4v) is 1.56. The molecule has 0 spiro atoms. The third kappa shape index (κ3) is 8.27. The molecule has 0 aromatic carbocycles. The maximum Gasteiger partial charge on any atom is 0.236 e. The molecule has 0 rings (SSSR count). The van der Waals surface area contributed by atoms with E-state index < -0.39 is 0 Å². The van der Waals surface area contributed by atoms with Crippen molar-refractivity contribution in [2.45, 2.75) is 53.6 Å². The van der Waals surface area contributed by atoms with Gasteiger partial charge in [0.15, 0.2) is 0 Å². The van der Waals surface area contributed by atoms with E-state index >= 15 is 0 Å². The molecule has 20 heavy (non-hydrogen) atoms. The minimum Gasteiger partial charge on any atom is -0.374 e. The standard InChI is InChI=1S/C15H30N2O3/c1-14(2,3)12(18)7-8-17(13(19)11-16)9-10-20-15(4,5)6/h7-11,16H2,1-6H3. The number of hydrogen-bond donors (Lipinski definition) is 1. The second-order valence-electron chi connectivity index (χ2n) is 6.97. The zero-order chi connectivity index (χ0) is 16.0. The smallest absolute Gasteiger partial charge is 0.236 e. The Morgan fingerprint density at radius 2 is 1.60 bits per heavy atom. The second kappa shape index (κ2) is 7.74. The van der Waals surface area contributed by atoms with Crippen molar-refractivity contribution in [1.82, 2.24) is 4.90 Å². The molecule has 0 unspecified atom stereocenters. The monoisotopic (exact) mass is 286 g/mol. The van der Waals surface area contributed by atoms with Crippen LogP contribution in [0.15, 0.2) is 0 Å². The summed E-state index contributed by atoms with van der Waals surface area (Å²) in [5, 5.41) is 0. The van der Waals surface area contributed by atoms with Gasteiger partial charge in [-0.15, -0.1) is 0 Å². The summed E-state index contributed by atoms with van der Waals surface area (Å²) in [6, 6.07) is 0. The first kappa shape index (κ1) is 19.1. The fourth-order valence-electron chi connectivity index (χ4n) is 1.56. The van der Waals surface area contributed by atoms with Crippen molar-refractivity contribution in [3.8, 4) is 0 Å². The van der Waals surface area contributed by atoms with Crippen LogP contribution in [0.1, 0.15) is 48.0 Å². The van der Waals surface area contributed by atoms with Gasteiger partial charge in [0.25, 0.3) is 0 Å². The van der Waals surface area contributed by atoms with E-state index in [1.54, 1.807) is 4.90 Å². The van der Waals surface area contributed by atoms with Crippen molar-refractivity contribution in [1.29, 1.82) is 0 Å². The van der Waals surface area contributed by atoms with Crippen LogP contribution in [-0.2, 0) is 14.3 Å². The summed E-state index contributed by atoms with van der Waals surface area (Å²) in [5.74, 6) is -0.00622. The van der Waals surface area contributed by atoms with Crippen LogP contribution in [0.2, 0.25) is 0 Å². The summed E-state index contributed by atoms with van der Waals surface area (Å²) in [4.78, 5) is 25.3. The van der Waals surface area contributed by atoms with E-state index in [9.17, 15) is 9.59 Å². The van der Waals surface area contributed by atoms with Crippen LogP contribution in [0.3, 0.4) is 0 Å². The first-order valence-electron chi connectivity index (χ1n) is 7.12. The van der Waals surface area contributed by atoms with Gasteiger partial charge in [-0.2, -0.15) is 0 Å². The Kier molecular flexibility index (Phi) is 7.38. The number of Topliss-reactive ketones (excluding diaryl/α,β-unsaturated/α-hetero) is 1. The number of ether oxygens (including phenoxy) is 1. The topological polar surface area (TPSA) is 72.6 Å². The van der Waals surface area contributed by atoms with E-state index in [1.807, 2.05) is 41.5 Å². The van der Waals surface area contributed by atoms with Crippen molar-refractivity contribution in [2.24, 2.45) is 11.1 Å². The SMILES string of the molecule is CC(C)(C)OCCN(CCC(=O)C(C)(C)C)C(=O)CN. The molecule has 0 aromatic rings. The molecular formula is C15H30N2O3. The molecule has 0 saturated carbocycles. The van der Waals surface area contributed by atoms with E-state index in [4.69, 9.17) is 10.5 Å². The summed E-state index contributed by atoms with van der Waals surface area (Å²) < 4.78 is 5.61. The number of hydrogen-bond acceptors (Lipinski definition) is 4. The van der Waals surface area contributed by atoms with Gasteiger partial charge in [-0.1, -0.05) is 20.8 Å². The van der Waals surface area contributed by atoms with Gasteiger partial charge >= 0.3 is 0 Å². The van der Waals surface area contributed by atoms with Gasteiger partial charge in [0.2, 0.25) is 5.91 Å². The summed E-state index contributed by atoms with van der Waals surface area (Å²) in [7, 11) is 0. The van der Waals surface area contributed by atoms with Crippen LogP contribution < -0.4 is 5.73 Å². The van der Waals surface area contributed by atoms with Crippen molar-refractivity contribution < 1.29 is 14.3 Å². The molecule has 0 aliphatic rings. The van der Waals surface area contributed by atoms with Gasteiger partial charge < -0.3 is 15.4 Å². The van der Waals surface area contributed by atoms with Crippen LogP contribution in [0.5, 0.6) is 0 Å². The lowest BCUT2D eigenvalue weighted by molar-refractivity contribution is -0.133. The predicted molar refractivity (Wildman–Crippen MR) is 80.4 cm³/mol. The molecular weight excluding hydrogens is 256 g/mol. The van der Waals surface area contributed by atoms with Crippen LogP contribution >= 0.6 is 0 Å². The zero-order valence-electron chi connectivity index (χ0n) is 13.8. The molecule has 0 aromatic heterocycles. The first-order chi connectivity index (χ1) is 8.97. The van der Waals surface area contributed by atoms with Crippen LogP contribution in [-0.4, -0.2) is 48.4 Å². The Morgan fingerprint density at radius 1 is 1.05 bits per heavy atom. The average molecular weight is 286 g/mol. The number of carbonyl (C=O) groups excluding carboxylic acids is 2. The minimum atomic E-state index is -0.376. The van der Waals surface area contributed by atoms with Gasteiger partial charge in [0.1, 0.15) is 5.78 Å². The number of carbonyl (C=O) groups is 2. The lowest BCUT2D eigenvalue weighted by Gasteiger charge is -2.26. The number of nitrogens with two attached hydrogens (primary N) is 1. The van der Waals surface area contributed by atoms with Crippen LogP contribution in [0.25, 0.3) is 0 Å². The van der Waals surface area contributed by atoms with Crippen molar-refractivity contribution >= 4 is 11.7 Å². The third-order valence-electron chi connectivity index (χ3n) is 2.87.